The van der Waals surface area contributed by atoms with E-state index in [1.165, 1.54) is 18.3 Å². The van der Waals surface area contributed by atoms with Crippen LogP contribution in [0.5, 0.6) is 0 Å². The van der Waals surface area contributed by atoms with Gasteiger partial charge in [0.15, 0.2) is 0 Å². The number of rotatable bonds is 16. The minimum Gasteiger partial charge on any atom is -0.348 e. The summed E-state index contributed by atoms with van der Waals surface area (Å²) < 4.78 is 7.87. The zero-order valence-corrected chi connectivity index (χ0v) is 37.1. The van der Waals surface area contributed by atoms with Crippen molar-refractivity contribution in [3.8, 4) is 0 Å². The highest BCUT2D eigenvalue weighted by molar-refractivity contribution is 7.92. The SMILES string of the molecule is C=CCNC(=O)C(=O)C(CC1CCC1)NC=O.CC.CC1CCCN1C(=O)C(NC(=O)NC(CN(C)OSN(C)C(C)(C)C)C(C)(C)C)C(C)(C)C.S. The molecule has 1 heterocycles. The van der Waals surface area contributed by atoms with Crippen molar-refractivity contribution in [2.24, 2.45) is 16.7 Å². The maximum Gasteiger partial charge on any atom is 0.315 e. The molecule has 0 aromatic carbocycles. The first-order chi connectivity index (χ1) is 24.0. The molecule has 4 unspecified atom stereocenters. The molecule has 2 aliphatic rings. The molecule has 2 fully saturated rings. The van der Waals surface area contributed by atoms with Crippen molar-refractivity contribution in [1.29, 1.82) is 0 Å². The molecule has 4 atom stereocenters. The van der Waals surface area contributed by atoms with Gasteiger partial charge < -0.3 is 26.2 Å². The Morgan fingerprint density at radius 3 is 1.94 bits per heavy atom. The van der Waals surface area contributed by atoms with Gasteiger partial charge in [-0.25, -0.2) is 13.4 Å². The summed E-state index contributed by atoms with van der Waals surface area (Å²) in [5.41, 5.74) is -0.642. The van der Waals surface area contributed by atoms with E-state index in [9.17, 15) is 24.0 Å². The topological polar surface area (TPSA) is 152 Å². The summed E-state index contributed by atoms with van der Waals surface area (Å²) >= 11 is 1.28. The molecular formula is C38H75N7O6S2. The van der Waals surface area contributed by atoms with Gasteiger partial charge in [-0.15, -0.1) is 6.58 Å². The van der Waals surface area contributed by atoms with E-state index in [1.54, 1.807) is 5.06 Å². The Bertz CT molecular complexity index is 1140. The standard InChI is InChI=1S/C24H49N5O3S.C12H18N2O3.C2H6.H2S/c1-17-14-13-15-29(17)20(30)19(23(5,6)7)26-21(31)25-18(22(2,3)4)16-27(11)32-33-28(12)24(8,9)10;1-2-6-13-12(17)11(16)10(14-8-15)7-9-4-3-5-9;1-2;/h17-19H,13-16H2,1-12H3,(H2,25,26,31);2,8-10H,1,3-7H2,(H,13,17)(H,14,15);1-2H3;1H2. The van der Waals surface area contributed by atoms with Crippen LogP contribution in [0.25, 0.3) is 0 Å². The first kappa shape index (κ1) is 52.8. The Balaban J connectivity index is 0. The van der Waals surface area contributed by atoms with Gasteiger partial charge in [0.05, 0.1) is 12.1 Å². The third-order valence-corrected chi connectivity index (χ3v) is 10.3. The second-order valence-electron chi connectivity index (χ2n) is 16.7. The largest absolute Gasteiger partial charge is 0.348 e. The van der Waals surface area contributed by atoms with Gasteiger partial charge in [0, 0.05) is 45.3 Å². The summed E-state index contributed by atoms with van der Waals surface area (Å²) in [7, 11) is 3.84. The molecule has 1 aliphatic carbocycles. The summed E-state index contributed by atoms with van der Waals surface area (Å²) in [6, 6.07) is -1.59. The number of ketones is 1. The molecule has 13 nitrogen and oxygen atoms in total. The van der Waals surface area contributed by atoms with E-state index in [4.69, 9.17) is 4.28 Å². The molecule has 1 saturated carbocycles. The van der Waals surface area contributed by atoms with E-state index in [2.05, 4.69) is 76.3 Å². The zero-order valence-electron chi connectivity index (χ0n) is 35.3. The minimum atomic E-state index is -0.692. The number of hydroxylamine groups is 2. The normalized spacial score (nSPS) is 17.7. The second kappa shape index (κ2) is 25.0. The van der Waals surface area contributed by atoms with E-state index >= 15 is 0 Å². The molecule has 0 aromatic heterocycles. The number of Topliss-reactive ketones (excluding diaryl/α,β-unsaturated/α-hetero) is 1. The average Bonchev–Trinajstić information content (AvgIpc) is 3.46. The summed E-state index contributed by atoms with van der Waals surface area (Å²) in [5, 5.41) is 12.7. The quantitative estimate of drug-likeness (QED) is 0.0392. The fraction of sp³-hybridized carbons (Fsp3) is 0.816. The molecule has 2 rings (SSSR count). The number of nitrogens with one attached hydrogen (secondary N) is 4. The Morgan fingerprint density at radius 2 is 1.53 bits per heavy atom. The molecule has 53 heavy (non-hydrogen) atoms. The molecule has 0 radical (unpaired) electrons. The van der Waals surface area contributed by atoms with E-state index in [0.29, 0.717) is 25.3 Å². The van der Waals surface area contributed by atoms with Crippen LogP contribution >= 0.6 is 25.7 Å². The molecule has 310 valence electrons. The van der Waals surface area contributed by atoms with E-state index in [0.717, 1.165) is 38.6 Å². The van der Waals surface area contributed by atoms with Crippen molar-refractivity contribution in [2.75, 3.05) is 33.7 Å². The van der Waals surface area contributed by atoms with Crippen LogP contribution in [0.4, 0.5) is 4.79 Å². The summed E-state index contributed by atoms with van der Waals surface area (Å²) in [5.74, 6) is -0.796. The molecule has 1 aliphatic heterocycles. The van der Waals surface area contributed by atoms with Crippen LogP contribution in [0.3, 0.4) is 0 Å². The van der Waals surface area contributed by atoms with Gasteiger partial charge in [0.25, 0.3) is 5.91 Å². The Labute approximate surface area is 333 Å². The van der Waals surface area contributed by atoms with Crippen molar-refractivity contribution in [1.82, 2.24) is 35.5 Å². The number of urea groups is 1. The first-order valence-corrected chi connectivity index (χ1v) is 19.5. The van der Waals surface area contributed by atoms with Crippen molar-refractivity contribution in [2.45, 2.75) is 151 Å². The minimum absolute atomic E-state index is 0. The number of carbonyl (C=O) groups excluding carboxylic acids is 5. The monoisotopic (exact) mass is 790 g/mol. The number of likely N-dealkylation sites (tertiary alicyclic amines) is 1. The predicted molar refractivity (Wildman–Crippen MR) is 222 cm³/mol. The number of hydrogen-bond donors (Lipinski definition) is 4. The van der Waals surface area contributed by atoms with Crippen LogP contribution in [-0.4, -0.2) is 108 Å². The lowest BCUT2D eigenvalue weighted by Crippen LogP contribution is -2.60. The van der Waals surface area contributed by atoms with Gasteiger partial charge in [-0.1, -0.05) is 80.7 Å². The molecule has 1 saturated heterocycles. The Hall–Kier alpha value is -2.33. The molecule has 0 aromatic rings. The van der Waals surface area contributed by atoms with Gasteiger partial charge in [-0.05, 0) is 63.7 Å². The molecule has 4 N–H and O–H groups in total. The summed E-state index contributed by atoms with van der Waals surface area (Å²) in [4.78, 5) is 61.9. The number of carbonyl (C=O) groups is 5. The molecule has 0 spiro atoms. The van der Waals surface area contributed by atoms with Crippen LogP contribution in [0.15, 0.2) is 12.7 Å². The lowest BCUT2D eigenvalue weighted by atomic mass is 9.80. The van der Waals surface area contributed by atoms with Gasteiger partial charge in [-0.3, -0.25) is 19.2 Å². The number of amides is 5. The zero-order chi connectivity index (χ0) is 40.4. The van der Waals surface area contributed by atoms with Crippen molar-refractivity contribution >= 4 is 55.8 Å². The van der Waals surface area contributed by atoms with Crippen LogP contribution < -0.4 is 21.3 Å². The Kier molecular flexibility index (Phi) is 24.8. The van der Waals surface area contributed by atoms with Crippen molar-refractivity contribution in [3.63, 3.8) is 0 Å². The first-order valence-electron chi connectivity index (χ1n) is 18.8. The van der Waals surface area contributed by atoms with E-state index in [1.807, 2.05) is 57.9 Å². The van der Waals surface area contributed by atoms with Gasteiger partial charge in [0.2, 0.25) is 18.1 Å². The van der Waals surface area contributed by atoms with Crippen molar-refractivity contribution in [3.05, 3.63) is 12.7 Å². The lowest BCUT2D eigenvalue weighted by molar-refractivity contribution is -0.139. The molecule has 5 amide bonds. The number of likely N-dealkylation sites (N-methyl/N-ethyl adjacent to an activating group) is 1. The maximum atomic E-state index is 13.3. The van der Waals surface area contributed by atoms with Gasteiger partial charge in [-0.2, -0.15) is 18.6 Å². The summed E-state index contributed by atoms with van der Waals surface area (Å²) in [6.07, 6.45) is 7.85. The fourth-order valence-corrected chi connectivity index (χ4v) is 5.75. The van der Waals surface area contributed by atoms with Crippen molar-refractivity contribution < 1.29 is 28.3 Å². The predicted octanol–water partition coefficient (Wildman–Crippen LogP) is 5.58. The molecular weight excluding hydrogens is 715 g/mol. The third-order valence-electron chi connectivity index (χ3n) is 9.24. The van der Waals surface area contributed by atoms with Gasteiger partial charge >= 0.3 is 6.03 Å². The number of nitrogens with zero attached hydrogens (tertiary/aromatic N) is 3. The molecule has 0 bridgehead atoms. The highest BCUT2D eigenvalue weighted by atomic mass is 32.2. The Morgan fingerprint density at radius 1 is 0.943 bits per heavy atom. The maximum absolute atomic E-state index is 13.3. The third kappa shape index (κ3) is 19.7. The van der Waals surface area contributed by atoms with Crippen LogP contribution in [-0.2, 0) is 23.5 Å². The van der Waals surface area contributed by atoms with Crippen LogP contribution in [0, 0.1) is 16.7 Å². The smallest absolute Gasteiger partial charge is 0.315 e. The van der Waals surface area contributed by atoms with E-state index < -0.39 is 29.2 Å². The highest BCUT2D eigenvalue weighted by Gasteiger charge is 2.39. The van der Waals surface area contributed by atoms with Gasteiger partial charge in [0.1, 0.15) is 18.3 Å². The van der Waals surface area contributed by atoms with Crippen LogP contribution in [0.1, 0.15) is 122 Å². The second-order valence-corrected chi connectivity index (χ2v) is 17.6. The highest BCUT2D eigenvalue weighted by Crippen LogP contribution is 2.31. The fourth-order valence-electron chi connectivity index (χ4n) is 5.25. The lowest BCUT2D eigenvalue weighted by Gasteiger charge is -2.37. The van der Waals surface area contributed by atoms with Crippen LogP contribution in [0.2, 0.25) is 0 Å². The summed E-state index contributed by atoms with van der Waals surface area (Å²) in [6.45, 7) is 29.6. The van der Waals surface area contributed by atoms with E-state index in [-0.39, 0.29) is 55.0 Å². The average molecular weight is 790 g/mol. The molecule has 15 heteroatoms. The number of hydrogen-bond acceptors (Lipinski definition) is 9.